The number of hydrogen-bond acceptors (Lipinski definition) is 3. The van der Waals surface area contributed by atoms with Gasteiger partial charge in [0.2, 0.25) is 5.91 Å². The predicted octanol–water partition coefficient (Wildman–Crippen LogP) is 4.16. The largest absolute Gasteiger partial charge is 0.356 e. The summed E-state index contributed by atoms with van der Waals surface area (Å²) >= 11 is 0. The van der Waals surface area contributed by atoms with E-state index in [1.807, 2.05) is 54.6 Å². The van der Waals surface area contributed by atoms with Gasteiger partial charge in [0.25, 0.3) is 0 Å². The molecule has 2 rings (SSSR count). The summed E-state index contributed by atoms with van der Waals surface area (Å²) in [6.45, 7) is 4.11. The van der Waals surface area contributed by atoms with Gasteiger partial charge in [-0.3, -0.25) is 4.79 Å². The van der Waals surface area contributed by atoms with E-state index in [0.29, 0.717) is 12.3 Å². The zero-order chi connectivity index (χ0) is 15.9. The van der Waals surface area contributed by atoms with Crippen molar-refractivity contribution in [2.24, 2.45) is 11.7 Å². The molecule has 0 radical (unpaired) electrons. The van der Waals surface area contributed by atoms with Crippen molar-refractivity contribution in [1.29, 1.82) is 0 Å². The molecular formula is C18H24ClN3O. The van der Waals surface area contributed by atoms with Gasteiger partial charge < -0.3 is 16.4 Å². The van der Waals surface area contributed by atoms with Gasteiger partial charge in [0.05, 0.1) is 6.04 Å². The van der Waals surface area contributed by atoms with Crippen LogP contribution in [0.15, 0.2) is 54.6 Å². The molecule has 2 aromatic rings. The van der Waals surface area contributed by atoms with Crippen LogP contribution in [-0.2, 0) is 4.79 Å². The van der Waals surface area contributed by atoms with Crippen molar-refractivity contribution in [3.63, 3.8) is 0 Å². The third-order valence-corrected chi connectivity index (χ3v) is 3.28. The Balaban J connectivity index is 0.00000264. The third kappa shape index (κ3) is 6.30. The van der Waals surface area contributed by atoms with Crippen LogP contribution in [0.5, 0.6) is 0 Å². The molecule has 2 aromatic carbocycles. The van der Waals surface area contributed by atoms with E-state index in [4.69, 9.17) is 5.73 Å². The van der Waals surface area contributed by atoms with Gasteiger partial charge in [0.15, 0.2) is 0 Å². The van der Waals surface area contributed by atoms with Gasteiger partial charge >= 0.3 is 0 Å². The highest BCUT2D eigenvalue weighted by Crippen LogP contribution is 2.18. The summed E-state index contributed by atoms with van der Waals surface area (Å²) < 4.78 is 0. The number of nitrogens with one attached hydrogen (secondary N) is 2. The summed E-state index contributed by atoms with van der Waals surface area (Å²) in [7, 11) is 0. The fourth-order valence-corrected chi connectivity index (χ4v) is 2.17. The molecule has 124 valence electrons. The lowest BCUT2D eigenvalue weighted by Gasteiger charge is -2.14. The number of rotatable bonds is 6. The van der Waals surface area contributed by atoms with Crippen LogP contribution in [0.4, 0.5) is 17.1 Å². The minimum atomic E-state index is -0.470. The lowest BCUT2D eigenvalue weighted by Crippen LogP contribution is -2.36. The maximum atomic E-state index is 12.0. The number of amides is 1. The van der Waals surface area contributed by atoms with E-state index in [0.717, 1.165) is 17.1 Å². The van der Waals surface area contributed by atoms with Crippen molar-refractivity contribution in [3.8, 4) is 0 Å². The Morgan fingerprint density at radius 2 is 1.48 bits per heavy atom. The zero-order valence-corrected chi connectivity index (χ0v) is 14.3. The Labute approximate surface area is 143 Å². The maximum Gasteiger partial charge on any atom is 0.241 e. The molecule has 0 unspecified atom stereocenters. The molecule has 5 heteroatoms. The second-order valence-electron chi connectivity index (χ2n) is 5.79. The molecule has 0 aliphatic carbocycles. The summed E-state index contributed by atoms with van der Waals surface area (Å²) in [5, 5.41) is 6.14. The summed E-state index contributed by atoms with van der Waals surface area (Å²) in [6.07, 6.45) is 0.680. The molecule has 0 saturated carbocycles. The van der Waals surface area contributed by atoms with Crippen molar-refractivity contribution in [3.05, 3.63) is 54.6 Å². The van der Waals surface area contributed by atoms with Crippen LogP contribution in [0, 0.1) is 5.92 Å². The van der Waals surface area contributed by atoms with Gasteiger partial charge in [0.1, 0.15) is 0 Å². The number of para-hydroxylation sites is 1. The molecule has 0 fully saturated rings. The van der Waals surface area contributed by atoms with E-state index in [1.165, 1.54) is 0 Å². The predicted molar refractivity (Wildman–Crippen MR) is 99.5 cm³/mol. The first kappa shape index (κ1) is 19.0. The maximum absolute atomic E-state index is 12.0. The lowest BCUT2D eigenvalue weighted by molar-refractivity contribution is -0.117. The van der Waals surface area contributed by atoms with Gasteiger partial charge in [-0.25, -0.2) is 0 Å². The minimum absolute atomic E-state index is 0. The van der Waals surface area contributed by atoms with Crippen LogP contribution < -0.4 is 16.4 Å². The molecule has 0 aliphatic heterocycles. The molecule has 4 nitrogen and oxygen atoms in total. The summed E-state index contributed by atoms with van der Waals surface area (Å²) in [5.41, 5.74) is 8.62. The second kappa shape index (κ2) is 9.18. The van der Waals surface area contributed by atoms with Crippen LogP contribution in [0.1, 0.15) is 20.3 Å². The lowest BCUT2D eigenvalue weighted by atomic mass is 10.0. The molecule has 4 N–H and O–H groups in total. The van der Waals surface area contributed by atoms with E-state index >= 15 is 0 Å². The van der Waals surface area contributed by atoms with E-state index in [1.54, 1.807) is 0 Å². The topological polar surface area (TPSA) is 67.2 Å². The van der Waals surface area contributed by atoms with Crippen LogP contribution in [0.25, 0.3) is 0 Å². The first-order valence-corrected chi connectivity index (χ1v) is 7.53. The first-order chi connectivity index (χ1) is 10.5. The van der Waals surface area contributed by atoms with Gasteiger partial charge in [-0.2, -0.15) is 0 Å². The Kier molecular flexibility index (Phi) is 7.59. The van der Waals surface area contributed by atoms with E-state index < -0.39 is 6.04 Å². The van der Waals surface area contributed by atoms with Crippen molar-refractivity contribution in [2.75, 3.05) is 10.6 Å². The van der Waals surface area contributed by atoms with Crippen molar-refractivity contribution in [1.82, 2.24) is 0 Å². The average Bonchev–Trinajstić information content (AvgIpc) is 2.49. The van der Waals surface area contributed by atoms with Gasteiger partial charge in [0, 0.05) is 17.1 Å². The fraction of sp³-hybridized carbons (Fsp3) is 0.278. The number of benzene rings is 2. The van der Waals surface area contributed by atoms with Crippen LogP contribution >= 0.6 is 12.4 Å². The number of halogens is 1. The normalized spacial score (nSPS) is 11.5. The molecule has 1 amide bonds. The molecule has 23 heavy (non-hydrogen) atoms. The number of anilines is 3. The van der Waals surface area contributed by atoms with Gasteiger partial charge in [-0.15, -0.1) is 12.4 Å². The fourth-order valence-electron chi connectivity index (χ4n) is 2.17. The van der Waals surface area contributed by atoms with Crippen LogP contribution in [-0.4, -0.2) is 11.9 Å². The summed E-state index contributed by atoms with van der Waals surface area (Å²) in [6, 6.07) is 17.1. The Hall–Kier alpha value is -2.04. The van der Waals surface area contributed by atoms with Crippen molar-refractivity contribution >= 4 is 35.4 Å². The van der Waals surface area contributed by atoms with Crippen LogP contribution in [0.2, 0.25) is 0 Å². The smallest absolute Gasteiger partial charge is 0.241 e. The molecule has 0 aliphatic rings. The monoisotopic (exact) mass is 333 g/mol. The molecular weight excluding hydrogens is 310 g/mol. The molecule has 0 aromatic heterocycles. The second-order valence-corrected chi connectivity index (χ2v) is 5.79. The molecule has 0 heterocycles. The molecule has 0 spiro atoms. The number of hydrogen-bond donors (Lipinski definition) is 3. The SMILES string of the molecule is CC(C)C[C@H](N)C(=O)Nc1ccc(Nc2ccccc2)cc1.Cl. The van der Waals surface area contributed by atoms with Crippen molar-refractivity contribution < 1.29 is 4.79 Å². The quantitative estimate of drug-likeness (QED) is 0.743. The number of nitrogens with two attached hydrogens (primary N) is 1. The molecule has 0 bridgehead atoms. The Morgan fingerprint density at radius 1 is 0.957 bits per heavy atom. The average molecular weight is 334 g/mol. The van der Waals surface area contributed by atoms with E-state index in [9.17, 15) is 4.79 Å². The van der Waals surface area contributed by atoms with Gasteiger partial charge in [-0.1, -0.05) is 32.0 Å². The summed E-state index contributed by atoms with van der Waals surface area (Å²) in [4.78, 5) is 12.0. The van der Waals surface area contributed by atoms with Crippen molar-refractivity contribution in [2.45, 2.75) is 26.3 Å². The zero-order valence-electron chi connectivity index (χ0n) is 13.5. The summed E-state index contributed by atoms with van der Waals surface area (Å²) in [5.74, 6) is 0.260. The highest BCUT2D eigenvalue weighted by Gasteiger charge is 2.14. The molecule has 1 atom stereocenters. The van der Waals surface area contributed by atoms with Crippen LogP contribution in [0.3, 0.4) is 0 Å². The Bertz CT molecular complexity index is 599. The third-order valence-electron chi connectivity index (χ3n) is 3.28. The van der Waals surface area contributed by atoms with Gasteiger partial charge in [-0.05, 0) is 48.7 Å². The van der Waals surface area contributed by atoms with E-state index in [-0.39, 0.29) is 18.3 Å². The highest BCUT2D eigenvalue weighted by atomic mass is 35.5. The Morgan fingerprint density at radius 3 is 2.04 bits per heavy atom. The number of carbonyl (C=O) groups is 1. The van der Waals surface area contributed by atoms with E-state index in [2.05, 4.69) is 24.5 Å². The standard InChI is InChI=1S/C18H23N3O.ClH/c1-13(2)12-17(19)18(22)21-16-10-8-15(9-11-16)20-14-6-4-3-5-7-14;/h3-11,13,17,20H,12,19H2,1-2H3,(H,21,22);1H/t17-;/m0./s1. The highest BCUT2D eigenvalue weighted by molar-refractivity contribution is 5.94. The number of carbonyl (C=O) groups excluding carboxylic acids is 1. The minimum Gasteiger partial charge on any atom is -0.356 e. The molecule has 0 saturated heterocycles. The first-order valence-electron chi connectivity index (χ1n) is 7.53.